The number of carbonyl (C=O) groups is 1. The predicted octanol–water partition coefficient (Wildman–Crippen LogP) is 3.34. The van der Waals surface area contributed by atoms with Crippen molar-refractivity contribution in [2.75, 3.05) is 16.8 Å². The summed E-state index contributed by atoms with van der Waals surface area (Å²) >= 11 is 0. The molecule has 28 heavy (non-hydrogen) atoms. The Labute approximate surface area is 163 Å². The molecule has 0 saturated heterocycles. The van der Waals surface area contributed by atoms with Gasteiger partial charge in [-0.1, -0.05) is 13.8 Å². The fourth-order valence-electron chi connectivity index (χ4n) is 3.46. The molecule has 0 fully saturated rings. The highest BCUT2D eigenvalue weighted by Crippen LogP contribution is 2.32. The Hall–Kier alpha value is -3.35. The maximum Gasteiger partial charge on any atom is 0.259 e. The minimum Gasteiger partial charge on any atom is -0.323 e. The second kappa shape index (κ2) is 7.72. The molecule has 3 heterocycles. The van der Waals surface area contributed by atoms with Crippen LogP contribution in [0.4, 0.5) is 17.3 Å². The Morgan fingerprint density at radius 1 is 1.14 bits per heavy atom. The fourth-order valence-corrected chi connectivity index (χ4v) is 3.46. The van der Waals surface area contributed by atoms with Crippen molar-refractivity contribution in [2.24, 2.45) is 0 Å². The molecule has 1 aliphatic heterocycles. The lowest BCUT2D eigenvalue weighted by Gasteiger charge is -2.17. The number of hydrogen-bond acceptors (Lipinski definition) is 6. The lowest BCUT2D eigenvalue weighted by atomic mass is 10.1. The molecular formula is C21H22N6O. The topological polar surface area (TPSA) is 83.9 Å². The first-order valence-electron chi connectivity index (χ1n) is 9.54. The van der Waals surface area contributed by atoms with Crippen LogP contribution in [0.5, 0.6) is 0 Å². The van der Waals surface area contributed by atoms with Gasteiger partial charge < -0.3 is 10.2 Å². The number of rotatable bonds is 5. The van der Waals surface area contributed by atoms with Crippen LogP contribution in [0.15, 0.2) is 42.7 Å². The second-order valence-electron chi connectivity index (χ2n) is 6.65. The van der Waals surface area contributed by atoms with Crippen molar-refractivity contribution in [3.63, 3.8) is 0 Å². The Morgan fingerprint density at radius 2 is 2.00 bits per heavy atom. The highest BCUT2D eigenvalue weighted by molar-refractivity contribution is 6.07. The van der Waals surface area contributed by atoms with Crippen LogP contribution >= 0.6 is 0 Å². The molecule has 1 amide bonds. The molecule has 0 bridgehead atoms. The number of carbonyl (C=O) groups excluding carboxylic acids is 1. The Balaban J connectivity index is 1.55. The first kappa shape index (κ1) is 18.0. The molecule has 0 aliphatic carbocycles. The minimum atomic E-state index is -0.0252. The molecule has 0 atom stereocenters. The molecule has 2 aromatic heterocycles. The van der Waals surface area contributed by atoms with Crippen LogP contribution < -0.4 is 10.2 Å². The van der Waals surface area contributed by atoms with Crippen LogP contribution in [0.2, 0.25) is 0 Å². The van der Waals surface area contributed by atoms with Gasteiger partial charge in [-0.25, -0.2) is 4.98 Å². The molecule has 0 unspecified atom stereocenters. The fraction of sp³-hybridized carbons (Fsp3) is 0.286. The monoisotopic (exact) mass is 374 g/mol. The molecule has 7 nitrogen and oxygen atoms in total. The van der Waals surface area contributed by atoms with E-state index in [2.05, 4.69) is 45.4 Å². The molecule has 0 saturated carbocycles. The molecule has 1 aromatic carbocycles. The molecule has 4 rings (SSSR count). The first-order valence-corrected chi connectivity index (χ1v) is 9.54. The van der Waals surface area contributed by atoms with E-state index in [9.17, 15) is 4.79 Å². The summed E-state index contributed by atoms with van der Waals surface area (Å²) in [6, 6.07) is 9.52. The number of anilines is 3. The molecule has 7 heteroatoms. The van der Waals surface area contributed by atoms with Crippen molar-refractivity contribution in [3.05, 3.63) is 65.2 Å². The predicted molar refractivity (Wildman–Crippen MR) is 108 cm³/mol. The van der Waals surface area contributed by atoms with Crippen molar-refractivity contribution in [1.29, 1.82) is 0 Å². The highest BCUT2D eigenvalue weighted by atomic mass is 16.2. The quantitative estimate of drug-likeness (QED) is 0.737. The normalized spacial score (nSPS) is 12.7. The summed E-state index contributed by atoms with van der Waals surface area (Å²) < 4.78 is 0. The smallest absolute Gasteiger partial charge is 0.259 e. The number of nitrogens with zero attached hydrogens (tertiary/aromatic N) is 5. The largest absolute Gasteiger partial charge is 0.323 e. The first-order chi connectivity index (χ1) is 13.7. The van der Waals surface area contributed by atoms with E-state index >= 15 is 0 Å². The zero-order chi connectivity index (χ0) is 19.5. The van der Waals surface area contributed by atoms with Crippen LogP contribution in [-0.4, -0.2) is 32.6 Å². The van der Waals surface area contributed by atoms with E-state index in [1.807, 2.05) is 12.1 Å². The average molecular weight is 374 g/mol. The van der Waals surface area contributed by atoms with Crippen molar-refractivity contribution < 1.29 is 4.79 Å². The summed E-state index contributed by atoms with van der Waals surface area (Å²) in [6.45, 7) is 4.78. The maximum atomic E-state index is 12.8. The van der Waals surface area contributed by atoms with Crippen molar-refractivity contribution in [2.45, 2.75) is 33.1 Å². The molecular weight excluding hydrogens is 352 g/mol. The van der Waals surface area contributed by atoms with Gasteiger partial charge in [0.05, 0.1) is 17.0 Å². The Kier molecular flexibility index (Phi) is 4.97. The lowest BCUT2D eigenvalue weighted by molar-refractivity contribution is 0.0989. The minimum absolute atomic E-state index is 0.0252. The Morgan fingerprint density at radius 3 is 2.75 bits per heavy atom. The Bertz CT molecular complexity index is 1010. The van der Waals surface area contributed by atoms with Crippen molar-refractivity contribution >= 4 is 23.2 Å². The maximum absolute atomic E-state index is 12.8. The standard InChI is InChI=1S/C21H22N6O/c1-3-17-18(4-2)25-26-21(24-17)23-16-7-8-19-14(12-16)9-11-27(19)20(28)15-6-5-10-22-13-15/h5-8,10,12-13H,3-4,9,11H2,1-2H3,(H,23,24,26). The van der Waals surface area contributed by atoms with E-state index in [1.165, 1.54) is 0 Å². The molecule has 0 radical (unpaired) electrons. The third-order valence-electron chi connectivity index (χ3n) is 4.89. The lowest BCUT2D eigenvalue weighted by Crippen LogP contribution is -2.28. The number of nitrogens with one attached hydrogen (secondary N) is 1. The van der Waals surface area contributed by atoms with E-state index in [-0.39, 0.29) is 5.91 Å². The number of aryl methyl sites for hydroxylation is 2. The van der Waals surface area contributed by atoms with E-state index in [0.29, 0.717) is 18.1 Å². The van der Waals surface area contributed by atoms with Gasteiger partial charge in [0.15, 0.2) is 0 Å². The summed E-state index contributed by atoms with van der Waals surface area (Å²) in [5, 5.41) is 11.7. The SMILES string of the molecule is CCc1nnc(Nc2ccc3c(c2)CCN3C(=O)c2cccnc2)nc1CC. The third-order valence-corrected chi connectivity index (χ3v) is 4.89. The van der Waals surface area contributed by atoms with Crippen LogP contribution in [0.1, 0.15) is 41.2 Å². The summed E-state index contributed by atoms with van der Waals surface area (Å²) in [4.78, 5) is 23.2. The summed E-state index contributed by atoms with van der Waals surface area (Å²) in [5.74, 6) is 0.470. The number of hydrogen-bond donors (Lipinski definition) is 1. The van der Waals surface area contributed by atoms with E-state index in [4.69, 9.17) is 0 Å². The van der Waals surface area contributed by atoms with E-state index in [1.54, 1.807) is 29.4 Å². The van der Waals surface area contributed by atoms with Gasteiger partial charge in [0.2, 0.25) is 5.95 Å². The summed E-state index contributed by atoms with van der Waals surface area (Å²) in [7, 11) is 0. The summed E-state index contributed by atoms with van der Waals surface area (Å²) in [6.07, 6.45) is 5.73. The average Bonchev–Trinajstić information content (AvgIpc) is 3.17. The van der Waals surface area contributed by atoms with Crippen molar-refractivity contribution in [1.82, 2.24) is 20.2 Å². The molecule has 1 aliphatic rings. The molecule has 3 aromatic rings. The van der Waals surface area contributed by atoms with Crippen LogP contribution in [0, 0.1) is 0 Å². The van der Waals surface area contributed by atoms with Gasteiger partial charge in [-0.15, -0.1) is 10.2 Å². The van der Waals surface area contributed by atoms with E-state index < -0.39 is 0 Å². The van der Waals surface area contributed by atoms with Gasteiger partial charge in [0, 0.05) is 30.3 Å². The molecule has 0 spiro atoms. The van der Waals surface area contributed by atoms with Gasteiger partial charge in [0.25, 0.3) is 5.91 Å². The zero-order valence-corrected chi connectivity index (χ0v) is 16.0. The molecule has 142 valence electrons. The molecule has 1 N–H and O–H groups in total. The second-order valence-corrected chi connectivity index (χ2v) is 6.65. The van der Waals surface area contributed by atoms with Gasteiger partial charge in [0.1, 0.15) is 0 Å². The van der Waals surface area contributed by atoms with Crippen LogP contribution in [0.25, 0.3) is 0 Å². The third kappa shape index (κ3) is 3.43. The summed E-state index contributed by atoms with van der Waals surface area (Å²) in [5.41, 5.74) is 5.45. The number of pyridine rings is 1. The van der Waals surface area contributed by atoms with Crippen LogP contribution in [0.3, 0.4) is 0 Å². The van der Waals surface area contributed by atoms with Crippen LogP contribution in [-0.2, 0) is 19.3 Å². The number of benzene rings is 1. The highest BCUT2D eigenvalue weighted by Gasteiger charge is 2.26. The zero-order valence-electron chi connectivity index (χ0n) is 16.0. The van der Waals surface area contributed by atoms with Gasteiger partial charge >= 0.3 is 0 Å². The number of aromatic nitrogens is 4. The number of fused-ring (bicyclic) bond motifs is 1. The van der Waals surface area contributed by atoms with Gasteiger partial charge in [-0.2, -0.15) is 0 Å². The van der Waals surface area contributed by atoms with E-state index in [0.717, 1.165) is 47.6 Å². The van der Waals surface area contributed by atoms with Crippen molar-refractivity contribution in [3.8, 4) is 0 Å². The number of amides is 1. The van der Waals surface area contributed by atoms with Gasteiger partial charge in [-0.3, -0.25) is 9.78 Å². The van der Waals surface area contributed by atoms with Gasteiger partial charge in [-0.05, 0) is 55.2 Å².